The average Bonchev–Trinajstić information content (AvgIpc) is 1.79. The Kier molecular flexibility index (Phi) is 3.48. The molecule has 0 spiro atoms. The number of hydrogen-bond acceptors (Lipinski definition) is 1. The fraction of sp³-hybridized carbons (Fsp3) is 0.750. The second-order valence-electron chi connectivity index (χ2n) is 5.77. The second-order valence-corrected chi connectivity index (χ2v) is 5.77. The molecule has 0 unspecified atom stereocenters. The minimum Gasteiger partial charge on any atom is -0.294 e. The van der Waals surface area contributed by atoms with Gasteiger partial charge in [0.05, 0.1) is 0 Å². The lowest BCUT2D eigenvalue weighted by atomic mass is 9.83. The molecule has 0 radical (unpaired) electrons. The van der Waals surface area contributed by atoms with Crippen LogP contribution in [0.4, 0.5) is 0 Å². The maximum atomic E-state index is 11.8. The summed E-state index contributed by atoms with van der Waals surface area (Å²) in [5, 5.41) is 0. The average molecular weight is 182 g/mol. The van der Waals surface area contributed by atoms with Gasteiger partial charge in [0.15, 0.2) is 5.78 Å². The molecule has 0 saturated carbocycles. The van der Waals surface area contributed by atoms with Crippen molar-refractivity contribution < 1.29 is 4.79 Å². The highest BCUT2D eigenvalue weighted by atomic mass is 16.1. The van der Waals surface area contributed by atoms with Crippen molar-refractivity contribution >= 4 is 5.78 Å². The third-order valence-corrected chi connectivity index (χ3v) is 1.69. The van der Waals surface area contributed by atoms with Crippen LogP contribution >= 0.6 is 0 Å². The van der Waals surface area contributed by atoms with Gasteiger partial charge in [0.25, 0.3) is 0 Å². The van der Waals surface area contributed by atoms with Crippen LogP contribution in [0.2, 0.25) is 0 Å². The van der Waals surface area contributed by atoms with E-state index >= 15 is 0 Å². The van der Waals surface area contributed by atoms with Crippen LogP contribution < -0.4 is 0 Å². The topological polar surface area (TPSA) is 17.1 Å². The normalized spacial score (nSPS) is 14.5. The fourth-order valence-electron chi connectivity index (χ4n) is 1.31. The van der Waals surface area contributed by atoms with Gasteiger partial charge in [-0.3, -0.25) is 4.79 Å². The highest BCUT2D eigenvalue weighted by Gasteiger charge is 2.23. The van der Waals surface area contributed by atoms with Crippen LogP contribution in [0.5, 0.6) is 0 Å². The number of Topliss-reactive ketones (excluding diaryl/α,β-unsaturated/α-hetero) is 1. The first-order valence-electron chi connectivity index (χ1n) is 4.78. The smallest absolute Gasteiger partial charge is 0.163 e. The molecular weight excluding hydrogens is 160 g/mol. The summed E-state index contributed by atoms with van der Waals surface area (Å²) in [6.45, 7) is 14.1. The SMILES string of the molecule is C/C(=C\C(C)(C)C)C(=O)C(C)(C)C. The predicted octanol–water partition coefficient (Wildman–Crippen LogP) is 3.59. The lowest BCUT2D eigenvalue weighted by molar-refractivity contribution is -0.122. The zero-order valence-corrected chi connectivity index (χ0v) is 9.99. The van der Waals surface area contributed by atoms with Crippen LogP contribution in [0, 0.1) is 10.8 Å². The van der Waals surface area contributed by atoms with Crippen LogP contribution in [0.3, 0.4) is 0 Å². The Morgan fingerprint density at radius 1 is 1.00 bits per heavy atom. The summed E-state index contributed by atoms with van der Waals surface area (Å²) in [6, 6.07) is 0. The van der Waals surface area contributed by atoms with E-state index in [2.05, 4.69) is 20.8 Å². The standard InChI is InChI=1S/C12H22O/c1-9(8-11(2,3)4)10(13)12(5,6)7/h8H,1-7H3/b9-8+. The Hall–Kier alpha value is -0.590. The first-order chi connectivity index (χ1) is 5.54. The van der Waals surface area contributed by atoms with Crippen LogP contribution in [-0.2, 0) is 4.79 Å². The number of rotatable bonds is 1. The molecule has 0 aliphatic carbocycles. The van der Waals surface area contributed by atoms with Crippen molar-refractivity contribution in [3.05, 3.63) is 11.6 Å². The first kappa shape index (κ1) is 12.4. The molecule has 0 rings (SSSR count). The highest BCUT2D eigenvalue weighted by Crippen LogP contribution is 2.24. The van der Waals surface area contributed by atoms with Gasteiger partial charge >= 0.3 is 0 Å². The molecule has 76 valence electrons. The van der Waals surface area contributed by atoms with E-state index in [9.17, 15) is 4.79 Å². The number of carbonyl (C=O) groups is 1. The maximum Gasteiger partial charge on any atom is 0.163 e. The first-order valence-corrected chi connectivity index (χ1v) is 4.78. The molecule has 0 aromatic heterocycles. The van der Waals surface area contributed by atoms with Gasteiger partial charge in [-0.15, -0.1) is 0 Å². The Labute approximate surface area is 82.2 Å². The second kappa shape index (κ2) is 3.65. The fourth-order valence-corrected chi connectivity index (χ4v) is 1.31. The summed E-state index contributed by atoms with van der Waals surface area (Å²) in [6.07, 6.45) is 2.04. The van der Waals surface area contributed by atoms with Crippen molar-refractivity contribution in [1.82, 2.24) is 0 Å². The van der Waals surface area contributed by atoms with Gasteiger partial charge in [0.2, 0.25) is 0 Å². The molecule has 13 heavy (non-hydrogen) atoms. The molecule has 0 N–H and O–H groups in total. The van der Waals surface area contributed by atoms with Gasteiger partial charge in [-0.2, -0.15) is 0 Å². The van der Waals surface area contributed by atoms with E-state index in [4.69, 9.17) is 0 Å². The summed E-state index contributed by atoms with van der Waals surface area (Å²) < 4.78 is 0. The van der Waals surface area contributed by atoms with Crippen molar-refractivity contribution in [2.45, 2.75) is 48.5 Å². The molecule has 0 atom stereocenters. The van der Waals surface area contributed by atoms with E-state index in [0.29, 0.717) is 0 Å². The molecule has 0 bridgehead atoms. The van der Waals surface area contributed by atoms with Crippen LogP contribution in [0.1, 0.15) is 48.5 Å². The quantitative estimate of drug-likeness (QED) is 0.566. The largest absolute Gasteiger partial charge is 0.294 e. The molecule has 0 saturated heterocycles. The Bertz CT molecular complexity index is 220. The molecular formula is C12H22O. The summed E-state index contributed by atoms with van der Waals surface area (Å²) in [4.78, 5) is 11.8. The third-order valence-electron chi connectivity index (χ3n) is 1.69. The predicted molar refractivity (Wildman–Crippen MR) is 57.7 cm³/mol. The summed E-state index contributed by atoms with van der Waals surface area (Å²) in [5.74, 6) is 0.238. The molecule has 1 nitrogen and oxygen atoms in total. The van der Waals surface area contributed by atoms with E-state index in [0.717, 1.165) is 5.57 Å². The van der Waals surface area contributed by atoms with Gasteiger partial charge in [-0.25, -0.2) is 0 Å². The van der Waals surface area contributed by atoms with Crippen LogP contribution in [-0.4, -0.2) is 5.78 Å². The third kappa shape index (κ3) is 4.87. The zero-order valence-electron chi connectivity index (χ0n) is 9.99. The van der Waals surface area contributed by atoms with Gasteiger partial charge in [0.1, 0.15) is 0 Å². The zero-order chi connectivity index (χ0) is 10.9. The molecule has 0 aliphatic heterocycles. The Morgan fingerprint density at radius 2 is 1.38 bits per heavy atom. The van der Waals surface area contributed by atoms with Crippen molar-refractivity contribution in [2.75, 3.05) is 0 Å². The van der Waals surface area contributed by atoms with Crippen LogP contribution in [0.15, 0.2) is 11.6 Å². The number of ketones is 1. The Morgan fingerprint density at radius 3 is 1.62 bits per heavy atom. The molecule has 0 fully saturated rings. The molecule has 0 aromatic carbocycles. The monoisotopic (exact) mass is 182 g/mol. The van der Waals surface area contributed by atoms with E-state index in [1.165, 1.54) is 0 Å². The van der Waals surface area contributed by atoms with Crippen molar-refractivity contribution in [3.8, 4) is 0 Å². The maximum absolute atomic E-state index is 11.8. The number of carbonyl (C=O) groups excluding carboxylic acids is 1. The van der Waals surface area contributed by atoms with E-state index in [1.807, 2.05) is 33.8 Å². The Balaban J connectivity index is 4.73. The van der Waals surface area contributed by atoms with Gasteiger partial charge in [-0.1, -0.05) is 47.6 Å². The minimum atomic E-state index is -0.258. The van der Waals surface area contributed by atoms with E-state index in [-0.39, 0.29) is 16.6 Å². The molecule has 1 heteroatoms. The molecule has 0 aromatic rings. The van der Waals surface area contributed by atoms with Gasteiger partial charge < -0.3 is 0 Å². The van der Waals surface area contributed by atoms with Crippen molar-refractivity contribution in [3.63, 3.8) is 0 Å². The minimum absolute atomic E-state index is 0.0883. The van der Waals surface area contributed by atoms with Crippen LogP contribution in [0.25, 0.3) is 0 Å². The van der Waals surface area contributed by atoms with E-state index in [1.54, 1.807) is 0 Å². The summed E-state index contributed by atoms with van der Waals surface area (Å²) >= 11 is 0. The van der Waals surface area contributed by atoms with Gasteiger partial charge in [0, 0.05) is 5.41 Å². The van der Waals surface area contributed by atoms with Crippen molar-refractivity contribution in [1.29, 1.82) is 0 Å². The van der Waals surface area contributed by atoms with Crippen molar-refractivity contribution in [2.24, 2.45) is 10.8 Å². The lowest BCUT2D eigenvalue weighted by Crippen LogP contribution is -2.21. The molecule has 0 heterocycles. The summed E-state index contributed by atoms with van der Waals surface area (Å²) in [5.41, 5.74) is 0.705. The highest BCUT2D eigenvalue weighted by molar-refractivity contribution is 5.98. The molecule has 0 aliphatic rings. The number of allylic oxidation sites excluding steroid dienone is 2. The van der Waals surface area contributed by atoms with E-state index < -0.39 is 0 Å². The lowest BCUT2D eigenvalue weighted by Gasteiger charge is -2.20. The molecule has 0 amide bonds. The van der Waals surface area contributed by atoms with Gasteiger partial charge in [-0.05, 0) is 17.9 Å². The summed E-state index contributed by atoms with van der Waals surface area (Å²) in [7, 11) is 0. The number of hydrogen-bond donors (Lipinski definition) is 0.